The van der Waals surface area contributed by atoms with Crippen molar-refractivity contribution < 1.29 is 9.90 Å². The fourth-order valence-electron chi connectivity index (χ4n) is 0.513. The third-order valence-corrected chi connectivity index (χ3v) is 1.02. The quantitative estimate of drug-likeness (QED) is 0.576. The molecule has 11 heavy (non-hydrogen) atoms. The van der Waals surface area contributed by atoms with Gasteiger partial charge in [-0.2, -0.15) is 0 Å². The van der Waals surface area contributed by atoms with Crippen LogP contribution in [0.1, 0.15) is 16.2 Å². The number of carboxylic acids is 1. The molecule has 0 aliphatic carbocycles. The molecule has 0 radical (unpaired) electrons. The molecule has 1 rings (SSSR count). The molecule has 4 nitrogen and oxygen atoms in total. The number of rotatable bonds is 1. The molecule has 1 aromatic rings. The predicted octanol–water partition coefficient (Wildman–Crippen LogP) is 0.156. The molecule has 0 atom stereocenters. The maximum absolute atomic E-state index is 10.2. The molecule has 0 aliphatic rings. The Kier molecular flexibility index (Phi) is 1.83. The predicted molar refractivity (Wildman–Crippen MR) is 36.9 cm³/mol. The lowest BCUT2D eigenvalue weighted by Crippen LogP contribution is -2.01. The van der Waals surface area contributed by atoms with Crippen LogP contribution < -0.4 is 0 Å². The lowest BCUT2D eigenvalue weighted by atomic mass is 10.4. The second kappa shape index (κ2) is 2.80. The third-order valence-electron chi connectivity index (χ3n) is 1.02. The fraction of sp³-hybridized carbons (Fsp3) is 0. The van der Waals surface area contributed by atoms with Crippen molar-refractivity contribution in [1.29, 1.82) is 0 Å². The molecule has 0 amide bonds. The van der Waals surface area contributed by atoms with Crippen molar-refractivity contribution in [3.63, 3.8) is 0 Å². The van der Waals surface area contributed by atoms with E-state index in [1.165, 1.54) is 6.20 Å². The first-order valence-corrected chi connectivity index (χ1v) is 2.76. The van der Waals surface area contributed by atoms with Crippen molar-refractivity contribution in [2.45, 2.75) is 0 Å². The molecular formula is C7H4N2O2. The number of terminal acetylenes is 1. The molecule has 1 aromatic heterocycles. The Morgan fingerprint density at radius 2 is 2.27 bits per heavy atom. The summed E-state index contributed by atoms with van der Waals surface area (Å²) in [5, 5.41) is 8.39. The van der Waals surface area contributed by atoms with E-state index in [1.54, 1.807) is 0 Å². The highest BCUT2D eigenvalue weighted by atomic mass is 16.4. The van der Waals surface area contributed by atoms with Gasteiger partial charge in [0.15, 0.2) is 5.69 Å². The van der Waals surface area contributed by atoms with E-state index in [4.69, 9.17) is 11.5 Å². The van der Waals surface area contributed by atoms with Crippen LogP contribution in [0.3, 0.4) is 0 Å². The second-order valence-corrected chi connectivity index (χ2v) is 1.74. The Bertz CT molecular complexity index is 310. The van der Waals surface area contributed by atoms with E-state index in [1.807, 2.05) is 0 Å². The normalized spacial score (nSPS) is 8.64. The lowest BCUT2D eigenvalue weighted by Gasteiger charge is -1.90. The number of carboxylic acid groups (broad SMARTS) is 1. The molecule has 4 heteroatoms. The summed E-state index contributed by atoms with van der Waals surface area (Å²) in [6.45, 7) is 0. The molecule has 0 aromatic carbocycles. The average molecular weight is 148 g/mol. The SMILES string of the molecule is C#Cc1cnc(C(=O)O)cn1. The zero-order chi connectivity index (χ0) is 8.27. The molecule has 0 unspecified atom stereocenters. The number of nitrogens with zero attached hydrogens (tertiary/aromatic N) is 2. The van der Waals surface area contributed by atoms with Crippen LogP contribution in [0, 0.1) is 12.3 Å². The van der Waals surface area contributed by atoms with Crippen LogP contribution in [0.4, 0.5) is 0 Å². The summed E-state index contributed by atoms with van der Waals surface area (Å²) in [5.74, 6) is 1.12. The van der Waals surface area contributed by atoms with Crippen molar-refractivity contribution >= 4 is 5.97 Å². The molecule has 0 fully saturated rings. The van der Waals surface area contributed by atoms with E-state index in [9.17, 15) is 4.79 Å². The summed E-state index contributed by atoms with van der Waals surface area (Å²) in [4.78, 5) is 17.4. The van der Waals surface area contributed by atoms with Crippen molar-refractivity contribution in [3.8, 4) is 12.3 Å². The summed E-state index contributed by atoms with van der Waals surface area (Å²) >= 11 is 0. The second-order valence-electron chi connectivity index (χ2n) is 1.74. The van der Waals surface area contributed by atoms with Gasteiger partial charge in [-0.25, -0.2) is 14.8 Å². The highest BCUT2D eigenvalue weighted by Gasteiger charge is 2.02. The van der Waals surface area contributed by atoms with Gasteiger partial charge in [-0.15, -0.1) is 6.42 Å². The maximum Gasteiger partial charge on any atom is 0.356 e. The minimum atomic E-state index is -1.11. The smallest absolute Gasteiger partial charge is 0.356 e. The first-order chi connectivity index (χ1) is 5.24. The zero-order valence-electron chi connectivity index (χ0n) is 5.48. The lowest BCUT2D eigenvalue weighted by molar-refractivity contribution is 0.0690. The molecule has 0 spiro atoms. The number of hydrogen-bond donors (Lipinski definition) is 1. The molecular weight excluding hydrogens is 144 g/mol. The van der Waals surface area contributed by atoms with Crippen LogP contribution in [0.25, 0.3) is 0 Å². The van der Waals surface area contributed by atoms with Crippen LogP contribution in [0.2, 0.25) is 0 Å². The summed E-state index contributed by atoms with van der Waals surface area (Å²) in [6, 6.07) is 0. The summed E-state index contributed by atoms with van der Waals surface area (Å²) < 4.78 is 0. The molecule has 0 saturated heterocycles. The van der Waals surface area contributed by atoms with E-state index in [0.29, 0.717) is 5.69 Å². The number of carbonyl (C=O) groups is 1. The minimum Gasteiger partial charge on any atom is -0.476 e. The van der Waals surface area contributed by atoms with Crippen LogP contribution in [0.5, 0.6) is 0 Å². The molecule has 1 heterocycles. The van der Waals surface area contributed by atoms with Crippen LogP contribution in [0.15, 0.2) is 12.4 Å². The van der Waals surface area contributed by atoms with Gasteiger partial charge in [0.1, 0.15) is 5.69 Å². The van der Waals surface area contributed by atoms with Gasteiger partial charge in [0.2, 0.25) is 0 Å². The van der Waals surface area contributed by atoms with Crippen LogP contribution >= 0.6 is 0 Å². The van der Waals surface area contributed by atoms with Gasteiger partial charge >= 0.3 is 5.97 Å². The number of hydrogen-bond acceptors (Lipinski definition) is 3. The first-order valence-electron chi connectivity index (χ1n) is 2.76. The molecule has 0 bridgehead atoms. The Balaban J connectivity index is 3.03. The topological polar surface area (TPSA) is 63.1 Å². The van der Waals surface area contributed by atoms with Crippen molar-refractivity contribution in [1.82, 2.24) is 9.97 Å². The Morgan fingerprint density at radius 3 is 2.64 bits per heavy atom. The van der Waals surface area contributed by atoms with Gasteiger partial charge in [0.25, 0.3) is 0 Å². The molecule has 0 aliphatic heterocycles. The van der Waals surface area contributed by atoms with Crippen LogP contribution in [-0.2, 0) is 0 Å². The minimum absolute atomic E-state index is 0.107. The van der Waals surface area contributed by atoms with Crippen molar-refractivity contribution in [2.24, 2.45) is 0 Å². The maximum atomic E-state index is 10.2. The Labute approximate surface area is 62.9 Å². The van der Waals surface area contributed by atoms with Gasteiger partial charge in [-0.1, -0.05) is 0 Å². The van der Waals surface area contributed by atoms with Gasteiger partial charge in [0.05, 0.1) is 12.4 Å². The largest absolute Gasteiger partial charge is 0.476 e. The van der Waals surface area contributed by atoms with E-state index < -0.39 is 5.97 Å². The monoisotopic (exact) mass is 148 g/mol. The first kappa shape index (κ1) is 7.22. The standard InChI is InChI=1S/C7H4N2O2/c1-2-5-3-9-6(4-8-5)7(10)11/h1,3-4H,(H,10,11). The van der Waals surface area contributed by atoms with Gasteiger partial charge in [-0.3, -0.25) is 0 Å². The van der Waals surface area contributed by atoms with Gasteiger partial charge < -0.3 is 5.11 Å². The van der Waals surface area contributed by atoms with Crippen molar-refractivity contribution in [2.75, 3.05) is 0 Å². The summed E-state index contributed by atoms with van der Waals surface area (Å²) in [6.07, 6.45) is 7.34. The molecule has 0 saturated carbocycles. The zero-order valence-corrected chi connectivity index (χ0v) is 5.48. The number of aromatic carboxylic acids is 1. The summed E-state index contributed by atoms with van der Waals surface area (Å²) in [5.41, 5.74) is 0.221. The van der Waals surface area contributed by atoms with E-state index in [0.717, 1.165) is 6.20 Å². The highest BCUT2D eigenvalue weighted by molar-refractivity contribution is 5.84. The number of aromatic nitrogens is 2. The van der Waals surface area contributed by atoms with Crippen molar-refractivity contribution in [3.05, 3.63) is 23.8 Å². The van der Waals surface area contributed by atoms with E-state index in [-0.39, 0.29) is 5.69 Å². The van der Waals surface area contributed by atoms with E-state index >= 15 is 0 Å². The van der Waals surface area contributed by atoms with Crippen LogP contribution in [-0.4, -0.2) is 21.0 Å². The third kappa shape index (κ3) is 1.52. The summed E-state index contributed by atoms with van der Waals surface area (Å²) in [7, 11) is 0. The van der Waals surface area contributed by atoms with E-state index in [2.05, 4.69) is 15.9 Å². The molecule has 54 valence electrons. The fourth-order valence-corrected chi connectivity index (χ4v) is 0.513. The Hall–Kier alpha value is -1.89. The van der Waals surface area contributed by atoms with Gasteiger partial charge in [-0.05, 0) is 5.92 Å². The highest BCUT2D eigenvalue weighted by Crippen LogP contribution is 1.92. The van der Waals surface area contributed by atoms with Gasteiger partial charge in [0, 0.05) is 0 Å². The molecule has 1 N–H and O–H groups in total. The average Bonchev–Trinajstić information content (AvgIpc) is 2.05. The Morgan fingerprint density at radius 1 is 1.55 bits per heavy atom.